The third kappa shape index (κ3) is 7.33. The predicted octanol–water partition coefficient (Wildman–Crippen LogP) is 4.82. The summed E-state index contributed by atoms with van der Waals surface area (Å²) < 4.78 is 33.8. The van der Waals surface area contributed by atoms with Gasteiger partial charge in [-0.3, -0.25) is 28.3 Å². The van der Waals surface area contributed by atoms with Crippen molar-refractivity contribution in [2.24, 2.45) is 0 Å². The summed E-state index contributed by atoms with van der Waals surface area (Å²) in [7, 11) is 3.25. The van der Waals surface area contributed by atoms with Gasteiger partial charge in [0.25, 0.3) is 5.56 Å². The van der Waals surface area contributed by atoms with Crippen molar-refractivity contribution in [2.75, 3.05) is 19.5 Å². The molecule has 6 rings (SSSR count). The van der Waals surface area contributed by atoms with Gasteiger partial charge >= 0.3 is 11.7 Å². The average molecular weight is 687 g/mol. The van der Waals surface area contributed by atoms with Crippen LogP contribution in [0.4, 0.5) is 19.3 Å². The van der Waals surface area contributed by atoms with E-state index in [4.69, 9.17) is 0 Å². The number of fused-ring (bicyclic) bond motifs is 1. The maximum Gasteiger partial charge on any atom is 0.343 e. The minimum atomic E-state index is -0.805. The highest BCUT2D eigenvalue weighted by molar-refractivity contribution is 7.22. The van der Waals surface area contributed by atoms with Crippen LogP contribution in [0, 0.1) is 11.6 Å². The van der Waals surface area contributed by atoms with E-state index >= 15 is 0 Å². The van der Waals surface area contributed by atoms with Gasteiger partial charge in [-0.05, 0) is 48.0 Å². The van der Waals surface area contributed by atoms with E-state index in [0.29, 0.717) is 34.8 Å². The molecule has 252 valence electrons. The molecule has 6 aromatic rings. The summed E-state index contributed by atoms with van der Waals surface area (Å²) in [5.74, 6) is -1.61. The van der Waals surface area contributed by atoms with Gasteiger partial charge in [0.2, 0.25) is 0 Å². The van der Waals surface area contributed by atoms with Crippen molar-refractivity contribution >= 4 is 33.3 Å². The second kappa shape index (κ2) is 14.7. The van der Waals surface area contributed by atoms with Gasteiger partial charge in [0.1, 0.15) is 16.5 Å². The van der Waals surface area contributed by atoms with Gasteiger partial charge in [-0.2, -0.15) is 0 Å². The molecule has 0 unspecified atom stereocenters. The number of nitrogens with zero attached hydrogens (tertiary/aromatic N) is 6. The van der Waals surface area contributed by atoms with E-state index in [0.717, 1.165) is 22.3 Å². The third-order valence-corrected chi connectivity index (χ3v) is 9.18. The molecule has 0 fully saturated rings. The molecule has 12 nitrogen and oxygen atoms in total. The molecule has 0 atom stereocenters. The van der Waals surface area contributed by atoms with Crippen LogP contribution in [0.3, 0.4) is 0 Å². The van der Waals surface area contributed by atoms with Crippen LogP contribution in [0.5, 0.6) is 0 Å². The first-order chi connectivity index (χ1) is 23.7. The lowest BCUT2D eigenvalue weighted by atomic mass is 10.1. The molecule has 49 heavy (non-hydrogen) atoms. The number of benzene rings is 3. The zero-order chi connectivity index (χ0) is 34.5. The van der Waals surface area contributed by atoms with Gasteiger partial charge in [0, 0.05) is 35.4 Å². The Labute approximate surface area is 282 Å². The number of urea groups is 1. The van der Waals surface area contributed by atoms with Gasteiger partial charge in [0.05, 0.1) is 38.3 Å². The minimum absolute atomic E-state index is 0.0505. The fraction of sp³-hybridized carbons (Fsp3) is 0.206. The van der Waals surface area contributed by atoms with Gasteiger partial charge in [-0.1, -0.05) is 53.7 Å². The monoisotopic (exact) mass is 686 g/mol. The zero-order valence-electron chi connectivity index (χ0n) is 26.6. The van der Waals surface area contributed by atoms with Crippen LogP contribution in [0.1, 0.15) is 16.7 Å². The Bertz CT molecular complexity index is 2180. The van der Waals surface area contributed by atoms with Crippen LogP contribution in [0.2, 0.25) is 0 Å². The average Bonchev–Trinajstić information content (AvgIpc) is 3.74. The summed E-state index contributed by atoms with van der Waals surface area (Å²) >= 11 is 1.19. The van der Waals surface area contributed by atoms with E-state index in [2.05, 4.69) is 30.8 Å². The molecule has 3 aromatic heterocycles. The zero-order valence-corrected chi connectivity index (χ0v) is 27.4. The van der Waals surface area contributed by atoms with E-state index in [1.54, 1.807) is 30.5 Å². The first-order valence-electron chi connectivity index (χ1n) is 15.2. The van der Waals surface area contributed by atoms with E-state index in [1.807, 2.05) is 37.4 Å². The van der Waals surface area contributed by atoms with Crippen molar-refractivity contribution in [3.63, 3.8) is 0 Å². The van der Waals surface area contributed by atoms with Crippen LogP contribution in [0.25, 0.3) is 20.7 Å². The Morgan fingerprint density at radius 1 is 0.918 bits per heavy atom. The highest BCUT2D eigenvalue weighted by Gasteiger charge is 2.25. The van der Waals surface area contributed by atoms with Crippen molar-refractivity contribution in [1.82, 2.24) is 34.5 Å². The molecule has 15 heteroatoms. The minimum Gasteiger partial charge on any atom is -0.306 e. The lowest BCUT2D eigenvalue weighted by Crippen LogP contribution is -2.41. The maximum atomic E-state index is 15.0. The van der Waals surface area contributed by atoms with Crippen LogP contribution >= 0.6 is 11.3 Å². The standard InChI is InChI=1S/C34H32F2N8O4S/c1-41(19-22-7-4-3-5-8-22)20-26-29-31(45)43(18-17-42-16-15-37-40-42)34(47)44(21-25-27(35)9-6-10-28(25)36)32(29)49-30(26)23-11-13-24(14-12-23)38-33(46)39-48-2/h3-16H,17-21H2,1-2H3,(H2,38,39,46). The smallest absolute Gasteiger partial charge is 0.306 e. The SMILES string of the molecule is CONC(=O)Nc1ccc(-c2sc3c(c2CN(C)Cc2ccccc2)c(=O)n(CCn2ccnn2)c(=O)n3Cc2c(F)cccc2F)cc1. The van der Waals surface area contributed by atoms with Crippen molar-refractivity contribution in [3.8, 4) is 10.4 Å². The molecule has 2 N–H and O–H groups in total. The second-order valence-electron chi connectivity index (χ2n) is 11.3. The second-order valence-corrected chi connectivity index (χ2v) is 12.3. The molecule has 0 radical (unpaired) electrons. The Kier molecular flexibility index (Phi) is 10.0. The van der Waals surface area contributed by atoms with E-state index < -0.39 is 35.5 Å². The van der Waals surface area contributed by atoms with Gasteiger partial charge in [-0.15, -0.1) is 16.4 Å². The Balaban J connectivity index is 1.53. The Morgan fingerprint density at radius 2 is 1.65 bits per heavy atom. The molecule has 3 aromatic carbocycles. The van der Waals surface area contributed by atoms with Crippen LogP contribution in [-0.4, -0.2) is 49.2 Å². The summed E-state index contributed by atoms with van der Waals surface area (Å²) in [4.78, 5) is 48.1. The lowest BCUT2D eigenvalue weighted by molar-refractivity contribution is 0.114. The molecule has 0 saturated heterocycles. The van der Waals surface area contributed by atoms with Crippen molar-refractivity contribution in [3.05, 3.63) is 134 Å². The van der Waals surface area contributed by atoms with E-state index in [9.17, 15) is 23.2 Å². The maximum absolute atomic E-state index is 15.0. The van der Waals surface area contributed by atoms with E-state index in [-0.39, 0.29) is 28.9 Å². The Hall–Kier alpha value is -5.51. The first kappa shape index (κ1) is 33.4. The number of hydrogen-bond donors (Lipinski definition) is 2. The van der Waals surface area contributed by atoms with Gasteiger partial charge in [-0.25, -0.2) is 23.9 Å². The molecule has 0 aliphatic rings. The van der Waals surface area contributed by atoms with Crippen LogP contribution in [-0.2, 0) is 37.6 Å². The predicted molar refractivity (Wildman–Crippen MR) is 182 cm³/mol. The molecular formula is C34H32F2N8O4S. The quantitative estimate of drug-likeness (QED) is 0.177. The summed E-state index contributed by atoms with van der Waals surface area (Å²) in [5.41, 5.74) is 3.59. The fourth-order valence-electron chi connectivity index (χ4n) is 5.61. The van der Waals surface area contributed by atoms with Crippen molar-refractivity contribution in [2.45, 2.75) is 32.7 Å². The van der Waals surface area contributed by atoms with Crippen molar-refractivity contribution in [1.29, 1.82) is 0 Å². The third-order valence-electron chi connectivity index (χ3n) is 7.88. The summed E-state index contributed by atoms with van der Waals surface area (Å²) in [6, 6.07) is 19.8. The summed E-state index contributed by atoms with van der Waals surface area (Å²) in [6.07, 6.45) is 3.10. The number of hydroxylamine groups is 1. The van der Waals surface area contributed by atoms with Crippen LogP contribution in [0.15, 0.2) is 94.8 Å². The van der Waals surface area contributed by atoms with Gasteiger partial charge in [0.15, 0.2) is 0 Å². The van der Waals surface area contributed by atoms with Crippen LogP contribution < -0.4 is 22.0 Å². The number of hydrogen-bond acceptors (Lipinski definition) is 8. The number of aromatic nitrogens is 5. The van der Waals surface area contributed by atoms with Crippen molar-refractivity contribution < 1.29 is 18.4 Å². The fourth-order valence-corrected chi connectivity index (χ4v) is 6.91. The molecule has 0 spiro atoms. The summed E-state index contributed by atoms with van der Waals surface area (Å²) in [5, 5.41) is 10.7. The molecule has 0 aliphatic heterocycles. The number of amides is 2. The molecule has 3 heterocycles. The van der Waals surface area contributed by atoms with Gasteiger partial charge < -0.3 is 5.32 Å². The number of rotatable bonds is 12. The number of thiophene rings is 1. The highest BCUT2D eigenvalue weighted by Crippen LogP contribution is 2.38. The molecule has 0 bridgehead atoms. The first-order valence-corrected chi connectivity index (χ1v) is 16.0. The largest absolute Gasteiger partial charge is 0.343 e. The number of nitrogens with one attached hydrogen (secondary N) is 2. The summed E-state index contributed by atoms with van der Waals surface area (Å²) in [6.45, 7) is 0.556. The molecule has 2 amide bonds. The molecular weight excluding hydrogens is 654 g/mol. The molecule has 0 saturated carbocycles. The molecule has 0 aliphatic carbocycles. The Morgan fingerprint density at radius 3 is 2.33 bits per heavy atom. The number of carbonyl (C=O) groups excluding carboxylic acids is 1. The topological polar surface area (TPSA) is 128 Å². The lowest BCUT2D eigenvalue weighted by Gasteiger charge is -2.18. The number of carbonyl (C=O) groups is 1. The normalized spacial score (nSPS) is 11.4. The van der Waals surface area contributed by atoms with E-state index in [1.165, 1.54) is 40.0 Å². The number of aryl methyl sites for hydroxylation is 1. The number of halogens is 2. The highest BCUT2D eigenvalue weighted by atomic mass is 32.1. The number of anilines is 1.